The van der Waals surface area contributed by atoms with Crippen molar-refractivity contribution in [1.82, 2.24) is 4.90 Å². The van der Waals surface area contributed by atoms with E-state index in [0.29, 0.717) is 21.8 Å². The zero-order valence-electron chi connectivity index (χ0n) is 15.0. The molecule has 1 heterocycles. The number of ether oxygens (including phenoxy) is 1. The first-order valence-corrected chi connectivity index (χ1v) is 11.4. The standard InChI is InChI=1S/C21H14I2N2O3S/c1-2-7-25-20(26)18(29-21(25)27)9-15-8-16(22)10-17(23)19(15)28-12-14-6-4-3-5-13(14)11-24/h2-6,8-10H,1,7,12H2/b18-9-. The molecular formula is C21H14I2N2O3S. The highest BCUT2D eigenvalue weighted by molar-refractivity contribution is 14.1. The molecule has 2 amide bonds. The van der Waals surface area contributed by atoms with Crippen LogP contribution in [0.25, 0.3) is 6.08 Å². The minimum Gasteiger partial charge on any atom is -0.487 e. The summed E-state index contributed by atoms with van der Waals surface area (Å²) in [6.45, 7) is 3.99. The smallest absolute Gasteiger partial charge is 0.293 e. The number of hydrogen-bond acceptors (Lipinski definition) is 5. The second kappa shape index (κ2) is 9.77. The summed E-state index contributed by atoms with van der Waals surface area (Å²) >= 11 is 5.28. The topological polar surface area (TPSA) is 70.4 Å². The van der Waals surface area contributed by atoms with Crippen molar-refractivity contribution in [3.8, 4) is 11.8 Å². The number of nitrogens with zero attached hydrogens (tertiary/aromatic N) is 2. The van der Waals surface area contributed by atoms with E-state index in [-0.39, 0.29) is 24.3 Å². The minimum atomic E-state index is -0.338. The van der Waals surface area contributed by atoms with Crippen molar-refractivity contribution >= 4 is 74.2 Å². The predicted molar refractivity (Wildman–Crippen MR) is 130 cm³/mol. The number of halogens is 2. The lowest BCUT2D eigenvalue weighted by atomic mass is 10.1. The van der Waals surface area contributed by atoms with Crippen LogP contribution in [0.5, 0.6) is 5.75 Å². The van der Waals surface area contributed by atoms with Crippen LogP contribution in [0.3, 0.4) is 0 Å². The van der Waals surface area contributed by atoms with Crippen molar-refractivity contribution < 1.29 is 14.3 Å². The van der Waals surface area contributed by atoms with Gasteiger partial charge >= 0.3 is 0 Å². The molecule has 0 N–H and O–H groups in total. The van der Waals surface area contributed by atoms with Gasteiger partial charge in [-0.1, -0.05) is 24.3 Å². The highest BCUT2D eigenvalue weighted by Crippen LogP contribution is 2.36. The van der Waals surface area contributed by atoms with E-state index >= 15 is 0 Å². The molecule has 3 rings (SSSR count). The fourth-order valence-electron chi connectivity index (χ4n) is 2.67. The van der Waals surface area contributed by atoms with Gasteiger partial charge in [-0.25, -0.2) is 0 Å². The van der Waals surface area contributed by atoms with Crippen molar-refractivity contribution in [3.05, 3.63) is 77.8 Å². The van der Waals surface area contributed by atoms with Crippen molar-refractivity contribution in [2.24, 2.45) is 0 Å². The predicted octanol–water partition coefficient (Wildman–Crippen LogP) is 5.57. The average molecular weight is 628 g/mol. The molecule has 2 aromatic rings. The lowest BCUT2D eigenvalue weighted by molar-refractivity contribution is -0.122. The van der Waals surface area contributed by atoms with E-state index < -0.39 is 0 Å². The van der Waals surface area contributed by atoms with Crippen LogP contribution in [0.4, 0.5) is 4.79 Å². The molecule has 0 aliphatic carbocycles. The van der Waals surface area contributed by atoms with E-state index in [9.17, 15) is 14.9 Å². The first-order chi connectivity index (χ1) is 13.9. The second-order valence-corrected chi connectivity index (χ2v) is 9.35. The molecule has 2 aromatic carbocycles. The fourth-order valence-corrected chi connectivity index (χ4v) is 5.56. The van der Waals surface area contributed by atoms with Crippen LogP contribution < -0.4 is 4.74 Å². The van der Waals surface area contributed by atoms with E-state index in [2.05, 4.69) is 57.8 Å². The Morgan fingerprint density at radius 1 is 1.24 bits per heavy atom. The molecule has 0 saturated carbocycles. The Kier molecular flexibility index (Phi) is 7.37. The van der Waals surface area contributed by atoms with E-state index in [0.717, 1.165) is 29.4 Å². The van der Waals surface area contributed by atoms with Crippen LogP contribution in [0.2, 0.25) is 0 Å². The molecule has 1 aliphatic rings. The molecule has 29 heavy (non-hydrogen) atoms. The maximum Gasteiger partial charge on any atom is 0.293 e. The monoisotopic (exact) mass is 628 g/mol. The lowest BCUT2D eigenvalue weighted by Crippen LogP contribution is -2.27. The van der Waals surface area contributed by atoms with Gasteiger partial charge in [-0.3, -0.25) is 14.5 Å². The molecule has 1 saturated heterocycles. The summed E-state index contributed by atoms with van der Waals surface area (Å²) in [5.74, 6) is 0.267. The third kappa shape index (κ3) is 5.02. The van der Waals surface area contributed by atoms with Gasteiger partial charge < -0.3 is 4.74 Å². The first kappa shape index (κ1) is 21.9. The minimum absolute atomic E-state index is 0.181. The number of thioether (sulfide) groups is 1. The third-order valence-corrected chi connectivity index (χ3v) is 6.35. The Morgan fingerprint density at radius 2 is 2.00 bits per heavy atom. The Hall–Kier alpha value is -1.84. The van der Waals surface area contributed by atoms with Gasteiger partial charge in [-0.05, 0) is 81.2 Å². The van der Waals surface area contributed by atoms with Gasteiger partial charge in [0.15, 0.2) is 0 Å². The number of imide groups is 1. The fraction of sp³-hybridized carbons (Fsp3) is 0.0952. The van der Waals surface area contributed by atoms with E-state index in [1.54, 1.807) is 12.1 Å². The molecular weight excluding hydrogens is 614 g/mol. The Labute approximate surface area is 200 Å². The molecule has 146 valence electrons. The van der Waals surface area contributed by atoms with Gasteiger partial charge in [0.1, 0.15) is 12.4 Å². The summed E-state index contributed by atoms with van der Waals surface area (Å²) in [6, 6.07) is 13.3. The summed E-state index contributed by atoms with van der Waals surface area (Å²) < 4.78 is 7.91. The Morgan fingerprint density at radius 3 is 2.72 bits per heavy atom. The van der Waals surface area contributed by atoms with Gasteiger partial charge in [-0.2, -0.15) is 5.26 Å². The molecule has 0 aromatic heterocycles. The largest absolute Gasteiger partial charge is 0.487 e. The Balaban J connectivity index is 1.94. The lowest BCUT2D eigenvalue weighted by Gasteiger charge is -2.13. The molecule has 0 atom stereocenters. The molecule has 8 heteroatoms. The van der Waals surface area contributed by atoms with Crippen molar-refractivity contribution in [2.75, 3.05) is 6.54 Å². The first-order valence-electron chi connectivity index (χ1n) is 8.40. The summed E-state index contributed by atoms with van der Waals surface area (Å²) in [4.78, 5) is 26.1. The quantitative estimate of drug-likeness (QED) is 0.238. The third-order valence-electron chi connectivity index (χ3n) is 4.02. The van der Waals surface area contributed by atoms with Crippen LogP contribution in [0.15, 0.2) is 54.0 Å². The zero-order valence-corrected chi connectivity index (χ0v) is 20.2. The number of rotatable bonds is 6. The van der Waals surface area contributed by atoms with Gasteiger partial charge in [0.2, 0.25) is 0 Å². The number of amides is 2. The molecule has 0 radical (unpaired) electrons. The van der Waals surface area contributed by atoms with Crippen LogP contribution in [-0.2, 0) is 11.4 Å². The van der Waals surface area contributed by atoms with E-state index in [1.165, 1.54) is 6.08 Å². The van der Waals surface area contributed by atoms with Gasteiger partial charge in [0.05, 0.1) is 20.1 Å². The molecule has 5 nitrogen and oxygen atoms in total. The maximum atomic E-state index is 12.5. The van der Waals surface area contributed by atoms with Crippen molar-refractivity contribution in [2.45, 2.75) is 6.61 Å². The van der Waals surface area contributed by atoms with Gasteiger partial charge in [0, 0.05) is 21.2 Å². The summed E-state index contributed by atoms with van der Waals surface area (Å²) in [5, 5.41) is 8.96. The highest BCUT2D eigenvalue weighted by atomic mass is 127. The van der Waals surface area contributed by atoms with Crippen LogP contribution in [0, 0.1) is 18.5 Å². The van der Waals surface area contributed by atoms with Crippen molar-refractivity contribution in [1.29, 1.82) is 5.26 Å². The molecule has 0 bridgehead atoms. The summed E-state index contributed by atoms with van der Waals surface area (Å²) in [7, 11) is 0. The maximum absolute atomic E-state index is 12.5. The number of nitriles is 1. The number of carbonyl (C=O) groups excluding carboxylic acids is 2. The van der Waals surface area contributed by atoms with Crippen molar-refractivity contribution in [3.63, 3.8) is 0 Å². The summed E-state index contributed by atoms with van der Waals surface area (Å²) in [6.07, 6.45) is 3.21. The molecule has 0 spiro atoms. The molecule has 0 unspecified atom stereocenters. The van der Waals surface area contributed by atoms with E-state index in [4.69, 9.17) is 4.74 Å². The average Bonchev–Trinajstić information content (AvgIpc) is 2.95. The second-order valence-electron chi connectivity index (χ2n) is 5.94. The van der Waals surface area contributed by atoms with E-state index in [1.807, 2.05) is 30.3 Å². The molecule has 1 aliphatic heterocycles. The normalized spacial score (nSPS) is 14.9. The van der Waals surface area contributed by atoms with Gasteiger partial charge in [0.25, 0.3) is 11.1 Å². The van der Waals surface area contributed by atoms with Crippen LogP contribution >= 0.6 is 56.9 Å². The highest BCUT2D eigenvalue weighted by Gasteiger charge is 2.34. The number of benzene rings is 2. The van der Waals surface area contributed by atoms with Gasteiger partial charge in [-0.15, -0.1) is 6.58 Å². The zero-order chi connectivity index (χ0) is 21.0. The number of hydrogen-bond donors (Lipinski definition) is 0. The SMILES string of the molecule is C=CCN1C(=O)S/C(=C\c2cc(I)cc(I)c2OCc2ccccc2C#N)C1=O. The van der Waals surface area contributed by atoms with Crippen LogP contribution in [-0.4, -0.2) is 22.6 Å². The summed E-state index contributed by atoms with van der Waals surface area (Å²) in [5.41, 5.74) is 2.04. The van der Waals surface area contributed by atoms with Crippen LogP contribution in [0.1, 0.15) is 16.7 Å². The Bertz CT molecular complexity index is 1080. The number of carbonyl (C=O) groups is 2. The molecule has 1 fully saturated rings.